The highest BCUT2D eigenvalue weighted by molar-refractivity contribution is 6.02. The molecule has 13 amide bonds. The Hall–Kier alpha value is -10.1. The molecule has 5 aliphatic rings. The van der Waals surface area contributed by atoms with Crippen molar-refractivity contribution in [1.82, 2.24) is 65.8 Å². The monoisotopic (exact) mass is 1880 g/mol. The Morgan fingerprint density at radius 2 is 1.14 bits per heavy atom. The van der Waals surface area contributed by atoms with Crippen LogP contribution in [0.3, 0.4) is 0 Å². The number of fused-ring (bicyclic) bond motifs is 5. The number of aliphatic hydroxyl groups is 2. The lowest BCUT2D eigenvalue weighted by Crippen LogP contribution is -2.69. The van der Waals surface area contributed by atoms with Crippen LogP contribution in [0.4, 0.5) is 9.18 Å². The summed E-state index contributed by atoms with van der Waals surface area (Å²) in [4.78, 5) is 268. The van der Waals surface area contributed by atoms with E-state index < -0.39 is 283 Å². The number of ether oxygens (including phenoxy) is 3. The maximum absolute atomic E-state index is 17.7. The third-order valence-electron chi connectivity index (χ3n) is 27.7. The second-order valence-corrected chi connectivity index (χ2v) is 40.3. The molecule has 4 aliphatic carbocycles. The van der Waals surface area contributed by atoms with Crippen LogP contribution in [-0.2, 0) is 95.7 Å². The molecule has 1 saturated heterocycles. The molecule has 0 bridgehead atoms. The van der Waals surface area contributed by atoms with Gasteiger partial charge in [-0.15, -0.1) is 0 Å². The van der Waals surface area contributed by atoms with Crippen LogP contribution in [0, 0.1) is 70.0 Å². The Bertz CT molecular complexity index is 4340. The molecule has 4 fully saturated rings. The molecule has 1 heterocycles. The zero-order valence-corrected chi connectivity index (χ0v) is 83.7. The minimum atomic E-state index is -2.21. The highest BCUT2D eigenvalue weighted by atomic mass is 19.1. The zero-order chi connectivity index (χ0) is 101. The average Bonchev–Trinajstić information content (AvgIpc) is 1.58. The van der Waals surface area contributed by atoms with Crippen molar-refractivity contribution in [2.45, 2.75) is 306 Å². The Morgan fingerprint density at radius 3 is 1.68 bits per heavy atom. The van der Waals surface area contributed by atoms with Gasteiger partial charge >= 0.3 is 18.0 Å². The maximum Gasteiger partial charge on any atom is 0.407 e. The van der Waals surface area contributed by atoms with Crippen molar-refractivity contribution in [3.8, 4) is 0 Å². The standard InChI is InChI=1S/C96H154FN13O23/c1-29-31-32-58(15)81(133-77(118)50-103(21)74(115)48-98-92(129)131-40-38-63(111)34-36-76(117)132-51-73(114)96(130)59(16)45-66-65-35-33-62-46-64(112)37-39-93(62,19)95(65,97)72(113)47-94(66,96)20)80-85(122)101-67(30-2)87(124)104(22)49-75(116)105(23)68(41-52(3)4)84(121)102-78(56(11)12)90(127)106(24)69(42-53(5)6)83(120)99-60(17)82(119)100-61(18)86(123)107(25)70(43-54(7)8)88(125)108(26)71(44-55(9)10)89(126)109(27)79(57(13)14)91(128)110(80)28/h29,31,37,39,46,52-61,65-72,78-81,113,130H,30,32-36,38,40-45,47-51H2,1-28H3,(H,98,129)(H,99,120)(H,100,119)(H,101,122)(H,102,121)/b31-29+/t58-,59-,60-,61?,65?,66?,67-,68+,69-,70-,71-,72+,78-,79-,80+,81-,93+,94+,95+,96+/m1/s1. The van der Waals surface area contributed by atoms with Crippen molar-refractivity contribution >= 4 is 106 Å². The number of carbonyl (C=O) groups is 18. The molecule has 0 radical (unpaired) electrons. The topological polar surface area (TPSA) is 461 Å². The van der Waals surface area contributed by atoms with Crippen LogP contribution in [-0.4, -0.2) is 329 Å². The number of alkyl halides is 1. The molecule has 20 atom stereocenters. The molecule has 3 saturated carbocycles. The molecule has 0 aromatic carbocycles. The van der Waals surface area contributed by atoms with E-state index in [-0.39, 0.29) is 87.2 Å². The number of hydrogen-bond acceptors (Lipinski definition) is 23. The SMILES string of the molecule is C/C=C/C[C@@H](C)[C@@H](OC(=O)CN(C)C(=O)CNC(=O)OCCC(=O)CCC(=O)OCC(=O)[C@@]1(O)[C@H](C)CC2C3CCC4=CC(=O)C=C[C@]4(C)[C@@]3(F)[C@@H](O)C[C@@]21C)[C@H]1C(=O)N[C@H](CC)C(=O)N(C)CC(=O)N(C)[C@@H](CC(C)C)C(=O)N[C@H](C(C)C)C(=O)N(C)[C@H](CC(C)C)C(=O)N[C@H](C)C(=O)NC(C)C(=O)N(C)[C@H](CC(C)C)C(=O)N(C)[C@H](CC(C)C)C(=O)N(C)[C@H](C(C)C)C(=O)N1C. The van der Waals surface area contributed by atoms with E-state index >= 15 is 23.6 Å². The number of halogens is 1. The summed E-state index contributed by atoms with van der Waals surface area (Å²) in [5.74, 6) is -18.7. The molecule has 0 aromatic heterocycles. The number of nitrogens with one attached hydrogen (secondary N) is 5. The Balaban J connectivity index is 1.43. The van der Waals surface area contributed by atoms with Gasteiger partial charge in [0.25, 0.3) is 0 Å². The van der Waals surface area contributed by atoms with E-state index in [9.17, 15) is 77.3 Å². The van der Waals surface area contributed by atoms with Crippen molar-refractivity contribution in [3.05, 3.63) is 36.0 Å². The van der Waals surface area contributed by atoms with Crippen LogP contribution in [0.1, 0.15) is 222 Å². The molecular formula is C96H154FN13O23. The number of alkyl carbamates (subject to hydrolysis) is 1. The fourth-order valence-corrected chi connectivity index (χ4v) is 19.7. The van der Waals surface area contributed by atoms with Gasteiger partial charge in [0.15, 0.2) is 18.1 Å². The number of carbonyl (C=O) groups excluding carboxylic acids is 18. The lowest BCUT2D eigenvalue weighted by molar-refractivity contribution is -0.220. The summed E-state index contributed by atoms with van der Waals surface area (Å²) in [7, 11) is 10.6. The lowest BCUT2D eigenvalue weighted by Gasteiger charge is -2.62. The van der Waals surface area contributed by atoms with Crippen molar-refractivity contribution in [3.63, 3.8) is 0 Å². The largest absolute Gasteiger partial charge is 0.458 e. The zero-order valence-electron chi connectivity index (χ0n) is 83.7. The summed E-state index contributed by atoms with van der Waals surface area (Å²) >= 11 is 0. The first kappa shape index (κ1) is 113. The van der Waals surface area contributed by atoms with E-state index in [2.05, 4.69) is 26.6 Å². The molecule has 7 N–H and O–H groups in total. The first-order valence-electron chi connectivity index (χ1n) is 46.9. The molecule has 36 nitrogen and oxygen atoms in total. The summed E-state index contributed by atoms with van der Waals surface area (Å²) in [6.07, 6.45) is 2.51. The third-order valence-corrected chi connectivity index (χ3v) is 27.7. The van der Waals surface area contributed by atoms with Gasteiger partial charge in [0, 0.05) is 86.0 Å². The number of ketones is 3. The smallest absolute Gasteiger partial charge is 0.407 e. The number of nitrogens with zero attached hydrogens (tertiary/aromatic N) is 8. The van der Waals surface area contributed by atoms with Gasteiger partial charge in [0.2, 0.25) is 76.7 Å². The number of amides is 13. The highest BCUT2D eigenvalue weighted by Crippen LogP contribution is 2.71. The minimum absolute atomic E-state index is 0.0188. The first-order chi connectivity index (χ1) is 61.7. The fraction of sp³-hybridized carbons (Fsp3) is 0.750. The van der Waals surface area contributed by atoms with Gasteiger partial charge in [-0.1, -0.05) is 135 Å². The van der Waals surface area contributed by atoms with Gasteiger partial charge in [-0.25, -0.2) is 9.18 Å². The van der Waals surface area contributed by atoms with Gasteiger partial charge in [-0.05, 0) is 157 Å². The molecule has 748 valence electrons. The van der Waals surface area contributed by atoms with Crippen LogP contribution in [0.25, 0.3) is 0 Å². The number of allylic oxidation sites excluding steroid dienone is 6. The van der Waals surface area contributed by atoms with Crippen molar-refractivity contribution in [2.24, 2.45) is 70.0 Å². The van der Waals surface area contributed by atoms with Gasteiger partial charge < -0.3 is 90.2 Å². The molecule has 5 rings (SSSR count). The second kappa shape index (κ2) is 48.4. The summed E-state index contributed by atoms with van der Waals surface area (Å²) in [5.41, 5.74) is -6.42. The third kappa shape index (κ3) is 27.0. The number of hydrogen-bond donors (Lipinski definition) is 7. The number of rotatable bonds is 29. The molecule has 1 aliphatic heterocycles. The van der Waals surface area contributed by atoms with E-state index in [0.29, 0.717) is 12.0 Å². The van der Waals surface area contributed by atoms with E-state index in [1.807, 2.05) is 55.4 Å². The summed E-state index contributed by atoms with van der Waals surface area (Å²) in [6.45, 7) is 30.1. The number of Topliss-reactive ketones (excluding diaryl/α,β-unsaturated/α-hetero) is 2. The van der Waals surface area contributed by atoms with Crippen LogP contribution in [0.15, 0.2) is 36.0 Å². The van der Waals surface area contributed by atoms with Gasteiger partial charge in [-0.2, -0.15) is 0 Å². The van der Waals surface area contributed by atoms with Crippen molar-refractivity contribution in [1.29, 1.82) is 0 Å². The summed E-state index contributed by atoms with van der Waals surface area (Å²) in [6, 6.07) is -13.8. The molecule has 133 heavy (non-hydrogen) atoms. The molecule has 0 aromatic rings. The van der Waals surface area contributed by atoms with E-state index in [1.165, 1.54) is 103 Å². The normalized spacial score (nSPS) is 29.9. The summed E-state index contributed by atoms with van der Waals surface area (Å²) in [5, 5.41) is 37.3. The minimum Gasteiger partial charge on any atom is -0.458 e. The maximum atomic E-state index is 17.7. The second-order valence-electron chi connectivity index (χ2n) is 40.3. The Morgan fingerprint density at radius 1 is 0.609 bits per heavy atom. The lowest BCUT2D eigenvalue weighted by atomic mass is 9.44. The highest BCUT2D eigenvalue weighted by Gasteiger charge is 2.76. The fourth-order valence-electron chi connectivity index (χ4n) is 19.7. The first-order valence-corrected chi connectivity index (χ1v) is 46.9. The number of esters is 2. The predicted octanol–water partition coefficient (Wildman–Crippen LogP) is 5.20. The van der Waals surface area contributed by atoms with Crippen molar-refractivity contribution < 1.29 is 115 Å². The van der Waals surface area contributed by atoms with Crippen LogP contribution in [0.2, 0.25) is 0 Å². The summed E-state index contributed by atoms with van der Waals surface area (Å²) < 4.78 is 34.5. The number of aliphatic hydroxyl groups excluding tert-OH is 1. The molecular weight excluding hydrogens is 1720 g/mol. The van der Waals surface area contributed by atoms with Gasteiger partial charge in [0.1, 0.15) is 97.6 Å². The van der Waals surface area contributed by atoms with Gasteiger partial charge in [0.05, 0.1) is 19.1 Å². The Kier molecular flexibility index (Phi) is 41.3. The van der Waals surface area contributed by atoms with E-state index in [0.717, 1.165) is 24.5 Å². The predicted molar refractivity (Wildman–Crippen MR) is 492 cm³/mol. The molecule has 0 spiro atoms. The van der Waals surface area contributed by atoms with Crippen molar-refractivity contribution in [2.75, 3.05) is 89.2 Å². The van der Waals surface area contributed by atoms with Gasteiger partial charge in [-0.3, -0.25) is 81.5 Å². The average molecular weight is 1880 g/mol. The molecule has 3 unspecified atom stereocenters. The van der Waals surface area contributed by atoms with Crippen LogP contribution in [0.5, 0.6) is 0 Å². The Labute approximate surface area is 784 Å². The van der Waals surface area contributed by atoms with Crippen LogP contribution < -0.4 is 26.6 Å². The molecule has 37 heteroatoms. The quantitative estimate of drug-likeness (QED) is 0.0287. The number of likely N-dealkylation sites (N-methyl/N-ethyl adjacent to an activating group) is 8. The van der Waals surface area contributed by atoms with E-state index in [1.54, 1.807) is 81.4 Å². The van der Waals surface area contributed by atoms with E-state index in [4.69, 9.17) is 14.2 Å². The van der Waals surface area contributed by atoms with Crippen LogP contribution >= 0.6 is 0 Å².